The first-order chi connectivity index (χ1) is 10.2. The number of hydrogen-bond acceptors (Lipinski definition) is 2. The summed E-state index contributed by atoms with van der Waals surface area (Å²) in [5.41, 5.74) is 1.26. The van der Waals surface area contributed by atoms with Gasteiger partial charge in [0.25, 0.3) is 0 Å². The third-order valence-electron chi connectivity index (χ3n) is 3.22. The van der Waals surface area contributed by atoms with Gasteiger partial charge in [-0.05, 0) is 24.3 Å². The zero-order valence-corrected chi connectivity index (χ0v) is 11.9. The zero-order chi connectivity index (χ0) is 15.0. The molecule has 0 spiro atoms. The highest BCUT2D eigenvalue weighted by Gasteiger charge is 2.15. The molecule has 1 aromatic heterocycles. The Hall–Kier alpha value is -2.14. The van der Waals surface area contributed by atoms with E-state index in [9.17, 15) is 8.78 Å². The Morgan fingerprint density at radius 2 is 2.00 bits per heavy atom. The van der Waals surface area contributed by atoms with Crippen molar-refractivity contribution in [3.8, 4) is 11.4 Å². The number of aromatic nitrogens is 2. The number of alkyl halides is 1. The van der Waals surface area contributed by atoms with Gasteiger partial charge >= 0.3 is 0 Å². The van der Waals surface area contributed by atoms with E-state index in [1.807, 2.05) is 0 Å². The summed E-state index contributed by atoms with van der Waals surface area (Å²) in [4.78, 5) is 4.18. The van der Waals surface area contributed by atoms with E-state index in [2.05, 4.69) is 4.98 Å². The second kappa shape index (κ2) is 5.33. The molecular formula is C15H11ClF2N2O. The molecule has 0 aliphatic rings. The minimum absolute atomic E-state index is 0.0851. The lowest BCUT2D eigenvalue weighted by Gasteiger charge is -2.09. The molecule has 1 heterocycles. The Labute approximate surface area is 124 Å². The van der Waals surface area contributed by atoms with Gasteiger partial charge in [-0.25, -0.2) is 13.8 Å². The summed E-state index contributed by atoms with van der Waals surface area (Å²) in [6, 6.07) is 9.10. The van der Waals surface area contributed by atoms with E-state index in [0.717, 1.165) is 0 Å². The minimum Gasteiger partial charge on any atom is -0.494 e. The number of methoxy groups -OCH3 is 1. The molecule has 0 saturated carbocycles. The topological polar surface area (TPSA) is 27.1 Å². The van der Waals surface area contributed by atoms with Crippen LogP contribution in [0.5, 0.6) is 5.75 Å². The largest absolute Gasteiger partial charge is 0.494 e. The SMILES string of the molecule is COc1ccc(-n2c(CCl)nc3c(F)cccc32)cc1F. The van der Waals surface area contributed by atoms with Gasteiger partial charge in [0.1, 0.15) is 11.3 Å². The fourth-order valence-corrected chi connectivity index (χ4v) is 2.46. The summed E-state index contributed by atoms with van der Waals surface area (Å²) in [6.07, 6.45) is 0. The zero-order valence-electron chi connectivity index (χ0n) is 11.1. The van der Waals surface area contributed by atoms with Crippen molar-refractivity contribution in [1.29, 1.82) is 0 Å². The summed E-state index contributed by atoms with van der Waals surface area (Å²) in [5.74, 6) is -0.273. The molecule has 3 nitrogen and oxygen atoms in total. The Kier molecular flexibility index (Phi) is 3.51. The van der Waals surface area contributed by atoms with Gasteiger partial charge in [-0.1, -0.05) is 6.07 Å². The third-order valence-corrected chi connectivity index (χ3v) is 3.46. The Bertz CT molecular complexity index is 817. The summed E-state index contributed by atoms with van der Waals surface area (Å²) in [5, 5.41) is 0. The number of fused-ring (bicyclic) bond motifs is 1. The summed E-state index contributed by atoms with van der Waals surface area (Å²) >= 11 is 5.88. The van der Waals surface area contributed by atoms with E-state index in [1.54, 1.807) is 22.8 Å². The number of hydrogen-bond donors (Lipinski definition) is 0. The standard InChI is InChI=1S/C15H11ClF2N2O/c1-21-13-6-5-9(7-11(13)18)20-12-4-2-3-10(17)15(12)19-14(20)8-16/h2-7H,8H2,1H3. The van der Waals surface area contributed by atoms with E-state index < -0.39 is 11.6 Å². The van der Waals surface area contributed by atoms with Crippen molar-refractivity contribution in [3.63, 3.8) is 0 Å². The molecule has 21 heavy (non-hydrogen) atoms. The molecular weight excluding hydrogens is 298 g/mol. The predicted octanol–water partition coefficient (Wildman–Crippen LogP) is 4.05. The van der Waals surface area contributed by atoms with Crippen LogP contribution in [0.3, 0.4) is 0 Å². The lowest BCUT2D eigenvalue weighted by molar-refractivity contribution is 0.386. The van der Waals surface area contributed by atoms with Gasteiger partial charge in [0, 0.05) is 6.07 Å². The minimum atomic E-state index is -0.506. The molecule has 108 valence electrons. The molecule has 0 bridgehead atoms. The molecule has 0 aliphatic heterocycles. The number of para-hydroxylation sites is 1. The highest BCUT2D eigenvalue weighted by Crippen LogP contribution is 2.27. The maximum atomic E-state index is 13.9. The van der Waals surface area contributed by atoms with Gasteiger partial charge in [-0.2, -0.15) is 0 Å². The molecule has 6 heteroatoms. The van der Waals surface area contributed by atoms with Crippen molar-refractivity contribution >= 4 is 22.6 Å². The van der Waals surface area contributed by atoms with E-state index in [0.29, 0.717) is 17.0 Å². The number of rotatable bonds is 3. The molecule has 0 fully saturated rings. The first-order valence-electron chi connectivity index (χ1n) is 6.21. The normalized spacial score (nSPS) is 11.0. The molecule has 3 aromatic rings. The van der Waals surface area contributed by atoms with Crippen LogP contribution in [0.2, 0.25) is 0 Å². The van der Waals surface area contributed by atoms with Crippen molar-refractivity contribution in [3.05, 3.63) is 53.9 Å². The van der Waals surface area contributed by atoms with Crippen molar-refractivity contribution in [1.82, 2.24) is 9.55 Å². The van der Waals surface area contributed by atoms with Crippen LogP contribution < -0.4 is 4.74 Å². The number of nitrogens with zero attached hydrogens (tertiary/aromatic N) is 2. The fourth-order valence-electron chi connectivity index (χ4n) is 2.29. The second-order valence-corrected chi connectivity index (χ2v) is 4.69. The molecule has 0 saturated heterocycles. The van der Waals surface area contributed by atoms with Crippen molar-refractivity contribution in [2.45, 2.75) is 5.88 Å². The molecule has 0 amide bonds. The predicted molar refractivity (Wildman–Crippen MR) is 77.1 cm³/mol. The summed E-state index contributed by atoms with van der Waals surface area (Å²) in [6.45, 7) is 0. The average molecular weight is 309 g/mol. The van der Waals surface area contributed by atoms with Crippen LogP contribution in [-0.2, 0) is 5.88 Å². The van der Waals surface area contributed by atoms with Gasteiger partial charge in [0.2, 0.25) is 0 Å². The van der Waals surface area contributed by atoms with Crippen LogP contribution in [0.4, 0.5) is 8.78 Å². The summed E-state index contributed by atoms with van der Waals surface area (Å²) in [7, 11) is 1.39. The molecule has 0 atom stereocenters. The Balaban J connectivity index is 2.28. The molecule has 3 rings (SSSR count). The smallest absolute Gasteiger partial charge is 0.167 e. The monoisotopic (exact) mass is 308 g/mol. The number of halogens is 3. The van der Waals surface area contributed by atoms with Crippen molar-refractivity contribution in [2.75, 3.05) is 7.11 Å². The van der Waals surface area contributed by atoms with Crippen molar-refractivity contribution < 1.29 is 13.5 Å². The maximum absolute atomic E-state index is 13.9. The number of imidazole rings is 1. The highest BCUT2D eigenvalue weighted by atomic mass is 35.5. The molecule has 0 N–H and O–H groups in total. The highest BCUT2D eigenvalue weighted by molar-refractivity contribution is 6.17. The van der Waals surface area contributed by atoms with Crippen LogP contribution in [0, 0.1) is 11.6 Å². The summed E-state index contributed by atoms with van der Waals surface area (Å²) < 4.78 is 34.2. The number of ether oxygens (including phenoxy) is 1. The third kappa shape index (κ3) is 2.23. The molecule has 0 aliphatic carbocycles. The van der Waals surface area contributed by atoms with E-state index in [-0.39, 0.29) is 17.1 Å². The van der Waals surface area contributed by atoms with Gasteiger partial charge < -0.3 is 4.74 Å². The van der Waals surface area contributed by atoms with Gasteiger partial charge in [-0.3, -0.25) is 4.57 Å². The van der Waals surface area contributed by atoms with Crippen LogP contribution in [0.1, 0.15) is 5.82 Å². The van der Waals surface area contributed by atoms with E-state index in [4.69, 9.17) is 16.3 Å². The molecule has 0 unspecified atom stereocenters. The van der Waals surface area contributed by atoms with Gasteiger partial charge in [-0.15, -0.1) is 11.6 Å². The Morgan fingerprint density at radius 3 is 2.67 bits per heavy atom. The van der Waals surface area contributed by atoms with Gasteiger partial charge in [0.05, 0.1) is 24.2 Å². The lowest BCUT2D eigenvalue weighted by atomic mass is 10.2. The molecule has 2 aromatic carbocycles. The Morgan fingerprint density at radius 1 is 1.19 bits per heavy atom. The average Bonchev–Trinajstić information content (AvgIpc) is 2.87. The van der Waals surface area contributed by atoms with Crippen LogP contribution in [-0.4, -0.2) is 16.7 Å². The van der Waals surface area contributed by atoms with Crippen molar-refractivity contribution in [2.24, 2.45) is 0 Å². The second-order valence-electron chi connectivity index (χ2n) is 4.42. The maximum Gasteiger partial charge on any atom is 0.167 e. The first-order valence-corrected chi connectivity index (χ1v) is 6.75. The first kappa shape index (κ1) is 13.8. The fraction of sp³-hybridized carbons (Fsp3) is 0.133. The van der Waals surface area contributed by atoms with Gasteiger partial charge in [0.15, 0.2) is 17.4 Å². The van der Waals surface area contributed by atoms with E-state index >= 15 is 0 Å². The van der Waals surface area contributed by atoms with Crippen LogP contribution in [0.15, 0.2) is 36.4 Å². The lowest BCUT2D eigenvalue weighted by Crippen LogP contribution is -2.00. The molecule has 0 radical (unpaired) electrons. The van der Waals surface area contributed by atoms with Crippen LogP contribution >= 0.6 is 11.6 Å². The quantitative estimate of drug-likeness (QED) is 0.683. The van der Waals surface area contributed by atoms with E-state index in [1.165, 1.54) is 25.3 Å². The van der Waals surface area contributed by atoms with Crippen LogP contribution in [0.25, 0.3) is 16.7 Å². The number of benzene rings is 2.